The smallest absolute Gasteiger partial charge is 0.339 e. The Hall–Kier alpha value is -3.68. The fourth-order valence-electron chi connectivity index (χ4n) is 2.77. The average Bonchev–Trinajstić information content (AvgIpc) is 2.62. The van der Waals surface area contributed by atoms with Crippen molar-refractivity contribution < 1.29 is 23.9 Å². The maximum absolute atomic E-state index is 12.6. The lowest BCUT2D eigenvalue weighted by Crippen LogP contribution is -2.30. The Balaban J connectivity index is 2.15. The Morgan fingerprint density at radius 1 is 0.833 bits per heavy atom. The van der Waals surface area contributed by atoms with E-state index in [2.05, 4.69) is 16.0 Å². The zero-order valence-corrected chi connectivity index (χ0v) is 17.6. The molecule has 0 bridgehead atoms. The molecule has 0 aliphatic rings. The maximum atomic E-state index is 12.6. The van der Waals surface area contributed by atoms with Crippen molar-refractivity contribution in [2.24, 2.45) is 0 Å². The fraction of sp³-hybridized carbons (Fsp3) is 0.273. The number of aryl methyl sites for hydroxylation is 2. The number of benzene rings is 2. The van der Waals surface area contributed by atoms with E-state index in [9.17, 15) is 19.2 Å². The molecule has 0 aromatic heterocycles. The van der Waals surface area contributed by atoms with Crippen LogP contribution in [-0.2, 0) is 19.1 Å². The van der Waals surface area contributed by atoms with Gasteiger partial charge in [-0.3, -0.25) is 14.4 Å². The third kappa shape index (κ3) is 6.44. The van der Waals surface area contributed by atoms with Gasteiger partial charge in [0.25, 0.3) is 5.91 Å². The van der Waals surface area contributed by atoms with Gasteiger partial charge in [-0.05, 0) is 50.6 Å². The van der Waals surface area contributed by atoms with Gasteiger partial charge in [0.1, 0.15) is 0 Å². The van der Waals surface area contributed by atoms with Gasteiger partial charge in [-0.25, -0.2) is 4.79 Å². The van der Waals surface area contributed by atoms with Crippen LogP contribution in [0.3, 0.4) is 0 Å². The zero-order chi connectivity index (χ0) is 22.4. The second kappa shape index (κ2) is 9.69. The topological polar surface area (TPSA) is 114 Å². The predicted octanol–water partition coefficient (Wildman–Crippen LogP) is 3.40. The van der Waals surface area contributed by atoms with Gasteiger partial charge >= 0.3 is 5.97 Å². The summed E-state index contributed by atoms with van der Waals surface area (Å²) >= 11 is 0. The molecule has 0 aliphatic heterocycles. The number of nitrogens with one attached hydrogen (secondary N) is 3. The third-order valence-electron chi connectivity index (χ3n) is 4.10. The van der Waals surface area contributed by atoms with Gasteiger partial charge in [0.05, 0.1) is 5.56 Å². The molecule has 0 aliphatic carbocycles. The van der Waals surface area contributed by atoms with Crippen molar-refractivity contribution in [1.29, 1.82) is 0 Å². The molecule has 2 aromatic rings. The first-order valence-electron chi connectivity index (χ1n) is 9.34. The van der Waals surface area contributed by atoms with Crippen LogP contribution in [0.1, 0.15) is 42.3 Å². The number of hydrogen-bond donors (Lipinski definition) is 3. The minimum absolute atomic E-state index is 0.0798. The molecule has 0 unspecified atom stereocenters. The Kier molecular flexibility index (Phi) is 7.30. The lowest BCUT2D eigenvalue weighted by Gasteiger charge is -2.16. The summed E-state index contributed by atoms with van der Waals surface area (Å²) < 4.78 is 5.28. The van der Waals surface area contributed by atoms with Crippen LogP contribution < -0.4 is 16.0 Å². The average molecular weight is 411 g/mol. The Labute approximate surface area is 175 Å². The number of rotatable bonds is 6. The molecular formula is C22H25N3O5. The highest BCUT2D eigenvalue weighted by Gasteiger charge is 2.20. The summed E-state index contributed by atoms with van der Waals surface area (Å²) in [7, 11) is 0. The van der Waals surface area contributed by atoms with Gasteiger partial charge in [-0.15, -0.1) is 0 Å². The third-order valence-corrected chi connectivity index (χ3v) is 4.10. The fourth-order valence-corrected chi connectivity index (χ4v) is 2.77. The number of ether oxygens (including phenoxy) is 1. The monoisotopic (exact) mass is 411 g/mol. The first kappa shape index (κ1) is 22.6. The summed E-state index contributed by atoms with van der Waals surface area (Å²) in [5, 5.41) is 7.85. The van der Waals surface area contributed by atoms with Gasteiger partial charge in [0.15, 0.2) is 6.10 Å². The molecule has 2 aromatic carbocycles. The van der Waals surface area contributed by atoms with Crippen LogP contribution in [0, 0.1) is 13.8 Å². The van der Waals surface area contributed by atoms with Crippen LogP contribution >= 0.6 is 0 Å². The Morgan fingerprint density at radius 2 is 1.40 bits per heavy atom. The van der Waals surface area contributed by atoms with Crippen LogP contribution in [0.2, 0.25) is 0 Å². The Morgan fingerprint density at radius 3 is 1.90 bits per heavy atom. The number of esters is 1. The molecule has 2 rings (SSSR count). The summed E-state index contributed by atoms with van der Waals surface area (Å²) in [6, 6.07) is 9.91. The number of carbonyl (C=O) groups excluding carboxylic acids is 4. The van der Waals surface area contributed by atoms with E-state index >= 15 is 0 Å². The first-order chi connectivity index (χ1) is 14.0. The normalized spacial score (nSPS) is 11.2. The second-order valence-corrected chi connectivity index (χ2v) is 7.02. The van der Waals surface area contributed by atoms with E-state index in [1.807, 2.05) is 26.0 Å². The van der Waals surface area contributed by atoms with Crippen molar-refractivity contribution in [2.75, 3.05) is 16.0 Å². The van der Waals surface area contributed by atoms with Gasteiger partial charge < -0.3 is 20.7 Å². The van der Waals surface area contributed by atoms with Crippen molar-refractivity contribution in [3.05, 3.63) is 53.1 Å². The van der Waals surface area contributed by atoms with E-state index in [-0.39, 0.29) is 17.4 Å². The van der Waals surface area contributed by atoms with E-state index in [0.29, 0.717) is 17.1 Å². The molecule has 30 heavy (non-hydrogen) atoms. The van der Waals surface area contributed by atoms with Crippen LogP contribution in [0.4, 0.5) is 17.1 Å². The van der Waals surface area contributed by atoms with E-state index in [1.165, 1.54) is 39.0 Å². The molecule has 3 amide bonds. The lowest BCUT2D eigenvalue weighted by molar-refractivity contribution is -0.123. The van der Waals surface area contributed by atoms with E-state index in [4.69, 9.17) is 4.74 Å². The minimum atomic E-state index is -1.06. The molecule has 0 saturated heterocycles. The molecule has 0 radical (unpaired) electrons. The molecule has 0 fully saturated rings. The standard InChI is InChI=1S/C22H25N3O5/c1-12-6-7-20(13(2)8-12)25-21(28)14(3)30-22(29)17-9-18(23-15(4)26)11-19(10-17)24-16(5)27/h6-11,14H,1-5H3,(H,23,26)(H,24,27)(H,25,28)/t14-/m1/s1. The van der Waals surface area contributed by atoms with Crippen molar-refractivity contribution >= 4 is 40.8 Å². The van der Waals surface area contributed by atoms with Gasteiger partial charge in [0.2, 0.25) is 11.8 Å². The molecule has 3 N–H and O–H groups in total. The number of hydrogen-bond acceptors (Lipinski definition) is 5. The van der Waals surface area contributed by atoms with Gasteiger partial charge in [-0.2, -0.15) is 0 Å². The van der Waals surface area contributed by atoms with Crippen molar-refractivity contribution in [3.8, 4) is 0 Å². The van der Waals surface area contributed by atoms with Crippen molar-refractivity contribution in [3.63, 3.8) is 0 Å². The highest BCUT2D eigenvalue weighted by atomic mass is 16.5. The summed E-state index contributed by atoms with van der Waals surface area (Å²) in [5.74, 6) is -1.92. The van der Waals surface area contributed by atoms with Crippen molar-refractivity contribution in [1.82, 2.24) is 0 Å². The summed E-state index contributed by atoms with van der Waals surface area (Å²) in [6.07, 6.45) is -1.06. The van der Waals surface area contributed by atoms with Crippen LogP contribution in [0.5, 0.6) is 0 Å². The van der Waals surface area contributed by atoms with Gasteiger partial charge in [0, 0.05) is 30.9 Å². The molecular weight excluding hydrogens is 386 g/mol. The number of anilines is 3. The zero-order valence-electron chi connectivity index (χ0n) is 17.6. The van der Waals surface area contributed by atoms with Gasteiger partial charge in [-0.1, -0.05) is 17.7 Å². The number of carbonyl (C=O) groups is 4. The molecule has 0 saturated carbocycles. The van der Waals surface area contributed by atoms with Crippen LogP contribution in [0.25, 0.3) is 0 Å². The predicted molar refractivity (Wildman–Crippen MR) is 114 cm³/mol. The molecule has 0 spiro atoms. The minimum Gasteiger partial charge on any atom is -0.449 e. The largest absolute Gasteiger partial charge is 0.449 e. The molecule has 8 nitrogen and oxygen atoms in total. The van der Waals surface area contributed by atoms with E-state index in [1.54, 1.807) is 6.07 Å². The van der Waals surface area contributed by atoms with Crippen molar-refractivity contribution in [2.45, 2.75) is 40.7 Å². The highest BCUT2D eigenvalue weighted by Crippen LogP contribution is 2.21. The number of amides is 3. The van der Waals surface area contributed by atoms with Crippen LogP contribution in [0.15, 0.2) is 36.4 Å². The lowest BCUT2D eigenvalue weighted by atomic mass is 10.1. The molecule has 0 heterocycles. The quantitative estimate of drug-likeness (QED) is 0.631. The summed E-state index contributed by atoms with van der Waals surface area (Å²) in [6.45, 7) is 7.93. The highest BCUT2D eigenvalue weighted by molar-refractivity contribution is 6.00. The molecule has 158 valence electrons. The maximum Gasteiger partial charge on any atom is 0.339 e. The summed E-state index contributed by atoms with van der Waals surface area (Å²) in [4.78, 5) is 47.7. The first-order valence-corrected chi connectivity index (χ1v) is 9.34. The molecule has 1 atom stereocenters. The SMILES string of the molecule is CC(=O)Nc1cc(NC(C)=O)cc(C(=O)O[C@H](C)C(=O)Nc2ccc(C)cc2C)c1. The Bertz CT molecular complexity index is 966. The summed E-state index contributed by atoms with van der Waals surface area (Å²) in [5.41, 5.74) is 3.30. The molecule has 8 heteroatoms. The van der Waals surface area contributed by atoms with E-state index < -0.39 is 18.0 Å². The van der Waals surface area contributed by atoms with Crippen LogP contribution in [-0.4, -0.2) is 29.8 Å². The second-order valence-electron chi connectivity index (χ2n) is 7.02. The van der Waals surface area contributed by atoms with E-state index in [0.717, 1.165) is 11.1 Å².